The van der Waals surface area contributed by atoms with Crippen LogP contribution in [0.2, 0.25) is 0 Å². The summed E-state index contributed by atoms with van der Waals surface area (Å²) in [4.78, 5) is 0. The van der Waals surface area contributed by atoms with E-state index in [2.05, 4.69) is 12.1 Å². The quantitative estimate of drug-likeness (QED) is 0.256. The van der Waals surface area contributed by atoms with Gasteiger partial charge in [0.25, 0.3) is 0 Å². The molecule has 4 rings (SSSR count). The SMILES string of the molecule is CCOP(=O)(OCC)c1c2cc(OC)c(OC)cc2c(Cc2ccccc2)n1-c1ccccc1. The molecule has 0 radical (unpaired) electrons. The van der Waals surface area contributed by atoms with Gasteiger partial charge in [-0.25, -0.2) is 0 Å². The van der Waals surface area contributed by atoms with Gasteiger partial charge in [0.05, 0.1) is 27.4 Å². The number of hydrogen-bond donors (Lipinski definition) is 0. The first kappa shape index (κ1) is 24.1. The molecule has 0 atom stereocenters. The monoisotopic (exact) mass is 479 g/mol. The van der Waals surface area contributed by atoms with Gasteiger partial charge in [0, 0.05) is 28.6 Å². The number of methoxy groups -OCH3 is 2. The molecule has 1 heterocycles. The Kier molecular flexibility index (Phi) is 7.42. The molecule has 34 heavy (non-hydrogen) atoms. The van der Waals surface area contributed by atoms with Gasteiger partial charge in [-0.2, -0.15) is 0 Å². The van der Waals surface area contributed by atoms with Crippen LogP contribution in [-0.2, 0) is 20.0 Å². The van der Waals surface area contributed by atoms with Crippen LogP contribution in [0.3, 0.4) is 0 Å². The van der Waals surface area contributed by atoms with Gasteiger partial charge >= 0.3 is 7.60 Å². The Morgan fingerprint density at radius 3 is 1.82 bits per heavy atom. The summed E-state index contributed by atoms with van der Waals surface area (Å²) >= 11 is 0. The van der Waals surface area contributed by atoms with Gasteiger partial charge in [-0.1, -0.05) is 48.5 Å². The van der Waals surface area contributed by atoms with Crippen molar-refractivity contribution in [2.75, 3.05) is 27.4 Å². The Morgan fingerprint density at radius 1 is 0.765 bits per heavy atom. The fourth-order valence-electron chi connectivity index (χ4n) is 4.26. The van der Waals surface area contributed by atoms with E-state index in [1.54, 1.807) is 14.2 Å². The molecule has 0 bridgehead atoms. The molecule has 3 aromatic carbocycles. The number of aromatic nitrogens is 1. The van der Waals surface area contributed by atoms with Crippen molar-refractivity contribution >= 4 is 23.8 Å². The summed E-state index contributed by atoms with van der Waals surface area (Å²) in [6, 6.07) is 23.9. The molecule has 6 nitrogen and oxygen atoms in total. The zero-order valence-corrected chi connectivity index (χ0v) is 20.9. The predicted molar refractivity (Wildman–Crippen MR) is 136 cm³/mol. The van der Waals surface area contributed by atoms with Gasteiger partial charge in [-0.3, -0.25) is 4.57 Å². The molecule has 0 aliphatic rings. The highest BCUT2D eigenvalue weighted by atomic mass is 31.2. The Balaban J connectivity index is 2.15. The van der Waals surface area contributed by atoms with Crippen LogP contribution in [0.1, 0.15) is 25.1 Å². The lowest BCUT2D eigenvalue weighted by atomic mass is 10.1. The Labute approximate surface area is 200 Å². The van der Waals surface area contributed by atoms with Crippen LogP contribution >= 0.6 is 7.60 Å². The van der Waals surface area contributed by atoms with Crippen molar-refractivity contribution in [2.24, 2.45) is 0 Å². The molecule has 0 fully saturated rings. The summed E-state index contributed by atoms with van der Waals surface area (Å²) in [5.41, 5.74) is 3.45. The van der Waals surface area contributed by atoms with Gasteiger partial charge in [-0.05, 0) is 43.7 Å². The van der Waals surface area contributed by atoms with Crippen LogP contribution in [0.5, 0.6) is 11.5 Å². The number of benzene rings is 3. The van der Waals surface area contributed by atoms with Gasteiger partial charge < -0.3 is 23.1 Å². The van der Waals surface area contributed by atoms with Crippen molar-refractivity contribution < 1.29 is 23.1 Å². The topological polar surface area (TPSA) is 58.9 Å². The lowest BCUT2D eigenvalue weighted by Crippen LogP contribution is -2.21. The first-order valence-electron chi connectivity index (χ1n) is 11.3. The molecule has 0 amide bonds. The van der Waals surface area contributed by atoms with E-state index in [9.17, 15) is 4.57 Å². The highest BCUT2D eigenvalue weighted by Crippen LogP contribution is 2.51. The lowest BCUT2D eigenvalue weighted by molar-refractivity contribution is 0.229. The van der Waals surface area contributed by atoms with E-state index < -0.39 is 7.60 Å². The van der Waals surface area contributed by atoms with Crippen LogP contribution in [-0.4, -0.2) is 32.0 Å². The van der Waals surface area contributed by atoms with E-state index in [0.717, 1.165) is 27.7 Å². The second kappa shape index (κ2) is 10.5. The minimum atomic E-state index is -3.69. The number of nitrogens with zero attached hydrogens (tertiary/aromatic N) is 1. The van der Waals surface area contributed by atoms with Crippen LogP contribution in [0, 0.1) is 0 Å². The minimum absolute atomic E-state index is 0.250. The van der Waals surface area contributed by atoms with Crippen LogP contribution < -0.4 is 14.9 Å². The summed E-state index contributed by atoms with van der Waals surface area (Å²) in [5.74, 6) is 1.15. The van der Waals surface area contributed by atoms with Crippen molar-refractivity contribution in [3.05, 3.63) is 84.1 Å². The molecule has 0 spiro atoms. The van der Waals surface area contributed by atoms with Crippen molar-refractivity contribution in [3.63, 3.8) is 0 Å². The van der Waals surface area contributed by atoms with Gasteiger partial charge in [-0.15, -0.1) is 0 Å². The lowest BCUT2D eigenvalue weighted by Gasteiger charge is -2.21. The van der Waals surface area contributed by atoms with E-state index >= 15 is 0 Å². The molecule has 0 saturated heterocycles. The Morgan fingerprint density at radius 2 is 1.29 bits per heavy atom. The molecule has 0 aliphatic heterocycles. The maximum Gasteiger partial charge on any atom is 0.378 e. The van der Waals surface area contributed by atoms with Gasteiger partial charge in [0.2, 0.25) is 0 Å². The maximum absolute atomic E-state index is 14.3. The third-order valence-electron chi connectivity index (χ3n) is 5.64. The number of para-hydroxylation sites is 1. The Hall–Kier alpha value is -3.05. The summed E-state index contributed by atoms with van der Waals surface area (Å²) < 4.78 is 39.3. The zero-order valence-electron chi connectivity index (χ0n) is 20.0. The molecule has 0 unspecified atom stereocenters. The van der Waals surface area contributed by atoms with E-state index in [1.807, 2.05) is 79.1 Å². The van der Waals surface area contributed by atoms with E-state index in [4.69, 9.17) is 18.5 Å². The van der Waals surface area contributed by atoms with Gasteiger partial charge in [0.15, 0.2) is 11.5 Å². The molecule has 0 saturated carbocycles. The summed E-state index contributed by atoms with van der Waals surface area (Å²) in [7, 11) is -0.489. The van der Waals surface area contributed by atoms with Crippen LogP contribution in [0.25, 0.3) is 16.5 Å². The van der Waals surface area contributed by atoms with Crippen LogP contribution in [0.4, 0.5) is 0 Å². The smallest absolute Gasteiger partial charge is 0.378 e. The third kappa shape index (κ3) is 4.49. The predicted octanol–water partition coefficient (Wildman–Crippen LogP) is 6.13. The highest BCUT2D eigenvalue weighted by molar-refractivity contribution is 7.62. The molecule has 4 aromatic rings. The van der Waals surface area contributed by atoms with Crippen LogP contribution in [0.15, 0.2) is 72.8 Å². The summed E-state index contributed by atoms with van der Waals surface area (Å²) in [6.07, 6.45) is 0.611. The Bertz CT molecular complexity index is 1290. The zero-order chi connectivity index (χ0) is 24.1. The molecule has 178 valence electrons. The standard InChI is InChI=1S/C27H30NO5P/c1-5-32-34(29,33-6-2)27-23-19-26(31-4)25(30-3)18-22(23)24(17-20-13-9-7-10-14-20)28(27)21-15-11-8-12-16-21/h7-16,18-19H,5-6,17H2,1-4H3. The van der Waals surface area contributed by atoms with Crippen molar-refractivity contribution in [3.8, 4) is 17.2 Å². The maximum atomic E-state index is 14.3. The fraction of sp³-hybridized carbons (Fsp3) is 0.259. The average molecular weight is 480 g/mol. The molecule has 1 aromatic heterocycles. The van der Waals surface area contributed by atoms with Crippen molar-refractivity contribution in [1.82, 2.24) is 4.57 Å². The summed E-state index contributed by atoms with van der Waals surface area (Å²) in [6.45, 7) is 4.14. The second-order valence-electron chi connectivity index (χ2n) is 7.69. The largest absolute Gasteiger partial charge is 0.493 e. The molecule has 0 aliphatic carbocycles. The highest BCUT2D eigenvalue weighted by Gasteiger charge is 2.36. The van der Waals surface area contributed by atoms with Crippen molar-refractivity contribution in [1.29, 1.82) is 0 Å². The first-order chi connectivity index (χ1) is 16.6. The van der Waals surface area contributed by atoms with E-state index in [-0.39, 0.29) is 13.2 Å². The fourth-order valence-corrected chi connectivity index (χ4v) is 6.22. The first-order valence-corrected chi connectivity index (χ1v) is 12.9. The average Bonchev–Trinajstić information content (AvgIpc) is 3.18. The number of fused-ring (bicyclic) bond motifs is 1. The number of ether oxygens (including phenoxy) is 2. The normalized spacial score (nSPS) is 11.6. The number of hydrogen-bond acceptors (Lipinski definition) is 5. The van der Waals surface area contributed by atoms with Crippen molar-refractivity contribution in [2.45, 2.75) is 20.3 Å². The third-order valence-corrected chi connectivity index (χ3v) is 7.80. The second-order valence-corrected chi connectivity index (χ2v) is 9.62. The van der Waals surface area contributed by atoms with E-state index in [0.29, 0.717) is 23.4 Å². The molecular formula is C27H30NO5P. The molecule has 0 N–H and O–H groups in total. The minimum Gasteiger partial charge on any atom is -0.493 e. The van der Waals surface area contributed by atoms with Gasteiger partial charge in [0.1, 0.15) is 5.44 Å². The molecular weight excluding hydrogens is 449 g/mol. The van der Waals surface area contributed by atoms with E-state index in [1.165, 1.54) is 0 Å². The number of rotatable bonds is 10. The molecule has 7 heteroatoms. The summed E-state index contributed by atoms with van der Waals surface area (Å²) in [5, 5.41) is 1.65.